The fourth-order valence-corrected chi connectivity index (χ4v) is 4.15. The fourth-order valence-electron chi connectivity index (χ4n) is 3.35. The molecule has 3 N–H and O–H groups in total. The molecule has 0 aliphatic carbocycles. The topological polar surface area (TPSA) is 95.6 Å². The van der Waals surface area contributed by atoms with Crippen molar-refractivity contribution < 1.29 is 4.79 Å². The number of fused-ring (bicyclic) bond motifs is 1. The van der Waals surface area contributed by atoms with Crippen LogP contribution in [0.5, 0.6) is 0 Å². The highest BCUT2D eigenvalue weighted by atomic mass is 32.2. The third kappa shape index (κ3) is 4.83. The van der Waals surface area contributed by atoms with Crippen LogP contribution in [0, 0.1) is 0 Å². The Labute approximate surface area is 177 Å². The number of carbonyl (C=O) groups excluding carboxylic acids is 1. The van der Waals surface area contributed by atoms with Crippen LogP contribution in [0.25, 0.3) is 10.9 Å². The van der Waals surface area contributed by atoms with Crippen molar-refractivity contribution in [2.75, 3.05) is 12.3 Å². The molecule has 4 aromatic rings. The number of benzene rings is 2. The number of carbonyl (C=O) groups is 1. The predicted octanol–water partition coefficient (Wildman–Crippen LogP) is 2.75. The van der Waals surface area contributed by atoms with Crippen molar-refractivity contribution in [3.63, 3.8) is 0 Å². The van der Waals surface area contributed by atoms with Gasteiger partial charge in [-0.2, -0.15) is 0 Å². The summed E-state index contributed by atoms with van der Waals surface area (Å²) in [6.45, 7) is 1.08. The van der Waals surface area contributed by atoms with Crippen molar-refractivity contribution >= 4 is 28.6 Å². The van der Waals surface area contributed by atoms with Crippen LogP contribution in [0.15, 0.2) is 70.7 Å². The summed E-state index contributed by atoms with van der Waals surface area (Å²) >= 11 is 1.26. The molecule has 0 unspecified atom stereocenters. The van der Waals surface area contributed by atoms with Crippen LogP contribution in [-0.2, 0) is 24.2 Å². The number of rotatable bonds is 9. The smallest absolute Gasteiger partial charge is 0.343 e. The van der Waals surface area contributed by atoms with Gasteiger partial charge in [0.25, 0.3) is 0 Å². The molecule has 0 saturated carbocycles. The van der Waals surface area contributed by atoms with E-state index in [-0.39, 0.29) is 17.3 Å². The number of aromatic amines is 2. The standard InChI is InChI=1S/C22H23N5O2S/c28-20(23-12-10-17-14-24-19-9-5-4-8-18(17)19)15-30-22-26-25-21(29)27(22)13-11-16-6-2-1-3-7-16/h1-9,14,24H,10-13,15H2,(H,23,28)(H,25,29). The largest absolute Gasteiger partial charge is 0.361 e. The van der Waals surface area contributed by atoms with E-state index in [0.717, 1.165) is 23.9 Å². The Kier molecular flexibility index (Phi) is 6.34. The van der Waals surface area contributed by atoms with E-state index in [1.165, 1.54) is 22.7 Å². The molecule has 0 aliphatic rings. The van der Waals surface area contributed by atoms with Gasteiger partial charge in [-0.3, -0.25) is 9.36 Å². The number of hydrogen-bond acceptors (Lipinski definition) is 4. The summed E-state index contributed by atoms with van der Waals surface area (Å²) in [4.78, 5) is 27.5. The van der Waals surface area contributed by atoms with Crippen LogP contribution in [0.1, 0.15) is 11.1 Å². The number of amides is 1. The molecule has 0 aliphatic heterocycles. The summed E-state index contributed by atoms with van der Waals surface area (Å²) in [6, 6.07) is 18.1. The number of para-hydroxylation sites is 1. The van der Waals surface area contributed by atoms with E-state index >= 15 is 0 Å². The van der Waals surface area contributed by atoms with E-state index in [1.807, 2.05) is 54.7 Å². The van der Waals surface area contributed by atoms with Gasteiger partial charge in [0.15, 0.2) is 5.16 Å². The summed E-state index contributed by atoms with van der Waals surface area (Å²) in [5.74, 6) is 0.133. The first kappa shape index (κ1) is 20.0. The van der Waals surface area contributed by atoms with Gasteiger partial charge in [-0.1, -0.05) is 60.3 Å². The second-order valence-electron chi connectivity index (χ2n) is 6.95. The van der Waals surface area contributed by atoms with Crippen molar-refractivity contribution in [3.8, 4) is 0 Å². The minimum absolute atomic E-state index is 0.0788. The maximum atomic E-state index is 12.2. The molecule has 1 amide bonds. The molecular weight excluding hydrogens is 398 g/mol. The molecule has 30 heavy (non-hydrogen) atoms. The highest BCUT2D eigenvalue weighted by molar-refractivity contribution is 7.99. The van der Waals surface area contributed by atoms with Crippen LogP contribution >= 0.6 is 11.8 Å². The van der Waals surface area contributed by atoms with Crippen molar-refractivity contribution in [3.05, 3.63) is 82.4 Å². The number of nitrogens with one attached hydrogen (secondary N) is 3. The van der Waals surface area contributed by atoms with Gasteiger partial charge < -0.3 is 10.3 Å². The van der Waals surface area contributed by atoms with Crippen molar-refractivity contribution in [1.29, 1.82) is 0 Å². The van der Waals surface area contributed by atoms with Gasteiger partial charge in [0.05, 0.1) is 5.75 Å². The molecule has 0 radical (unpaired) electrons. The van der Waals surface area contributed by atoms with Crippen molar-refractivity contribution in [1.82, 2.24) is 25.1 Å². The lowest BCUT2D eigenvalue weighted by atomic mass is 10.1. The number of hydrogen-bond donors (Lipinski definition) is 3. The molecule has 0 saturated heterocycles. The minimum atomic E-state index is -0.256. The second-order valence-corrected chi connectivity index (χ2v) is 7.89. The maximum absolute atomic E-state index is 12.2. The number of aromatic nitrogens is 4. The fraction of sp³-hybridized carbons (Fsp3) is 0.227. The van der Waals surface area contributed by atoms with E-state index in [2.05, 4.69) is 26.6 Å². The number of aryl methyl sites for hydroxylation is 1. The average Bonchev–Trinajstić information content (AvgIpc) is 3.35. The minimum Gasteiger partial charge on any atom is -0.361 e. The molecule has 8 heteroatoms. The van der Waals surface area contributed by atoms with Gasteiger partial charge in [-0.05, 0) is 30.0 Å². The van der Waals surface area contributed by atoms with E-state index in [9.17, 15) is 9.59 Å². The lowest BCUT2D eigenvalue weighted by molar-refractivity contribution is -0.118. The Morgan fingerprint density at radius 1 is 1.07 bits per heavy atom. The lowest BCUT2D eigenvalue weighted by Gasteiger charge is -2.07. The average molecular weight is 422 g/mol. The van der Waals surface area contributed by atoms with Gasteiger partial charge in [0.2, 0.25) is 5.91 Å². The van der Waals surface area contributed by atoms with Crippen LogP contribution in [0.2, 0.25) is 0 Å². The highest BCUT2D eigenvalue weighted by Gasteiger charge is 2.12. The molecule has 2 heterocycles. The van der Waals surface area contributed by atoms with Crippen LogP contribution in [0.4, 0.5) is 0 Å². The molecule has 2 aromatic carbocycles. The third-order valence-electron chi connectivity index (χ3n) is 4.91. The molecule has 0 spiro atoms. The molecule has 2 aromatic heterocycles. The molecule has 4 rings (SSSR count). The van der Waals surface area contributed by atoms with Crippen LogP contribution in [0.3, 0.4) is 0 Å². The first-order chi connectivity index (χ1) is 14.7. The van der Waals surface area contributed by atoms with E-state index < -0.39 is 0 Å². The summed E-state index contributed by atoms with van der Waals surface area (Å²) in [7, 11) is 0. The predicted molar refractivity (Wildman–Crippen MR) is 119 cm³/mol. The van der Waals surface area contributed by atoms with Gasteiger partial charge >= 0.3 is 5.69 Å². The summed E-state index contributed by atoms with van der Waals surface area (Å²) < 4.78 is 1.58. The van der Waals surface area contributed by atoms with E-state index in [4.69, 9.17) is 0 Å². The molecule has 0 bridgehead atoms. The molecule has 0 fully saturated rings. The number of thioether (sulfide) groups is 1. The molecule has 7 nitrogen and oxygen atoms in total. The van der Waals surface area contributed by atoms with Gasteiger partial charge in [-0.15, -0.1) is 5.10 Å². The molecular formula is C22H23N5O2S. The molecule has 0 atom stereocenters. The van der Waals surface area contributed by atoms with Gasteiger partial charge in [-0.25, -0.2) is 9.89 Å². The van der Waals surface area contributed by atoms with Gasteiger partial charge in [0, 0.05) is 30.2 Å². The molecule has 154 valence electrons. The zero-order valence-electron chi connectivity index (χ0n) is 16.4. The third-order valence-corrected chi connectivity index (χ3v) is 5.89. The van der Waals surface area contributed by atoms with E-state index in [0.29, 0.717) is 18.2 Å². The Morgan fingerprint density at radius 2 is 1.87 bits per heavy atom. The Balaban J connectivity index is 1.26. The normalized spacial score (nSPS) is 11.1. The van der Waals surface area contributed by atoms with Crippen molar-refractivity contribution in [2.45, 2.75) is 24.5 Å². The van der Waals surface area contributed by atoms with Crippen LogP contribution in [-0.4, -0.2) is 38.0 Å². The summed E-state index contributed by atoms with van der Waals surface area (Å²) in [5, 5.41) is 11.2. The van der Waals surface area contributed by atoms with Gasteiger partial charge in [0.1, 0.15) is 0 Å². The monoisotopic (exact) mass is 421 g/mol. The first-order valence-electron chi connectivity index (χ1n) is 9.84. The Hall–Kier alpha value is -3.26. The quantitative estimate of drug-likeness (QED) is 0.362. The van der Waals surface area contributed by atoms with Crippen molar-refractivity contribution in [2.24, 2.45) is 0 Å². The lowest BCUT2D eigenvalue weighted by Crippen LogP contribution is -2.27. The zero-order valence-corrected chi connectivity index (χ0v) is 17.2. The Morgan fingerprint density at radius 3 is 2.73 bits per heavy atom. The highest BCUT2D eigenvalue weighted by Crippen LogP contribution is 2.18. The Bertz CT molecular complexity index is 1180. The number of H-pyrrole nitrogens is 2. The second kappa shape index (κ2) is 9.49. The number of nitrogens with zero attached hydrogens (tertiary/aromatic N) is 2. The first-order valence-corrected chi connectivity index (χ1v) is 10.8. The summed E-state index contributed by atoms with van der Waals surface area (Å²) in [6.07, 6.45) is 3.47. The summed E-state index contributed by atoms with van der Waals surface area (Å²) in [5.41, 5.74) is 3.17. The van der Waals surface area contributed by atoms with E-state index in [1.54, 1.807) is 4.57 Å². The SMILES string of the molecule is O=C(CSc1n[nH]c(=O)n1CCc1ccccc1)NCCc1c[nH]c2ccccc12. The van der Waals surface area contributed by atoms with Crippen LogP contribution < -0.4 is 11.0 Å². The zero-order chi connectivity index (χ0) is 20.8. The maximum Gasteiger partial charge on any atom is 0.343 e.